The number of benzene rings is 3. The van der Waals surface area contributed by atoms with Crippen molar-refractivity contribution in [1.82, 2.24) is 4.90 Å². The van der Waals surface area contributed by atoms with E-state index in [9.17, 15) is 24.3 Å². The van der Waals surface area contributed by atoms with Gasteiger partial charge in [-0.15, -0.1) is 0 Å². The first-order valence-corrected chi connectivity index (χ1v) is 15.4. The quantitative estimate of drug-likeness (QED) is 0.312. The number of aromatic hydroxyl groups is 1. The van der Waals surface area contributed by atoms with Crippen LogP contribution in [0, 0.1) is 23.7 Å². The summed E-state index contributed by atoms with van der Waals surface area (Å²) in [5.74, 6) is -6.39. The minimum atomic E-state index is -1.57. The smallest absolute Gasteiger partial charge is 0.328 e. The number of phenols is 1. The third-order valence-electron chi connectivity index (χ3n) is 10.4. The maximum atomic E-state index is 15.1. The molecule has 10 nitrogen and oxygen atoms in total. The van der Waals surface area contributed by atoms with E-state index in [2.05, 4.69) is 0 Å². The molecule has 0 bridgehead atoms. The lowest BCUT2D eigenvalue weighted by atomic mass is 9.44. The minimum absolute atomic E-state index is 0.0397. The number of primary amides is 1. The van der Waals surface area contributed by atoms with Gasteiger partial charge >= 0.3 is 6.03 Å². The maximum Gasteiger partial charge on any atom is 0.328 e. The Balaban J connectivity index is 1.55. The summed E-state index contributed by atoms with van der Waals surface area (Å²) in [7, 11) is 2.88. The Morgan fingerprint density at radius 3 is 2.23 bits per heavy atom. The van der Waals surface area contributed by atoms with Crippen LogP contribution >= 0.6 is 0 Å². The summed E-state index contributed by atoms with van der Waals surface area (Å²) in [4.78, 5) is 69.9. The van der Waals surface area contributed by atoms with Crippen LogP contribution in [-0.2, 0) is 24.6 Å². The molecule has 0 radical (unpaired) electrons. The molecule has 1 aliphatic heterocycles. The number of allylic oxidation sites excluding steroid dienone is 4. The van der Waals surface area contributed by atoms with E-state index in [-0.39, 0.29) is 47.0 Å². The largest absolute Gasteiger partial charge is 0.507 e. The van der Waals surface area contributed by atoms with E-state index in [1.165, 1.54) is 26.4 Å². The van der Waals surface area contributed by atoms with Crippen LogP contribution in [0.4, 0.5) is 4.79 Å². The molecule has 4 aliphatic rings. The van der Waals surface area contributed by atoms with Crippen molar-refractivity contribution in [2.45, 2.75) is 24.2 Å². The number of imide groups is 3. The molecule has 10 heteroatoms. The fourth-order valence-corrected chi connectivity index (χ4v) is 8.57. The summed E-state index contributed by atoms with van der Waals surface area (Å²) in [6.07, 6.45) is 3.36. The van der Waals surface area contributed by atoms with Gasteiger partial charge in [-0.3, -0.25) is 19.2 Å². The Morgan fingerprint density at radius 2 is 1.60 bits per heavy atom. The number of carbonyl (C=O) groups excluding carboxylic acids is 5. The summed E-state index contributed by atoms with van der Waals surface area (Å²) in [5.41, 5.74) is 6.15. The molecule has 1 saturated carbocycles. The molecule has 3 aromatic carbocycles. The second-order valence-electron chi connectivity index (χ2n) is 12.4. The lowest BCUT2D eigenvalue weighted by Crippen LogP contribution is -2.59. The van der Waals surface area contributed by atoms with Crippen LogP contribution in [0.25, 0.3) is 5.57 Å². The zero-order chi connectivity index (χ0) is 33.2. The Morgan fingerprint density at radius 1 is 0.915 bits per heavy atom. The number of amides is 4. The summed E-state index contributed by atoms with van der Waals surface area (Å²) in [5, 5.41) is 11.7. The second kappa shape index (κ2) is 11.1. The van der Waals surface area contributed by atoms with Gasteiger partial charge < -0.3 is 20.3 Å². The highest BCUT2D eigenvalue weighted by atomic mass is 16.5. The topological polar surface area (TPSA) is 153 Å². The van der Waals surface area contributed by atoms with Crippen LogP contribution < -0.4 is 15.2 Å². The van der Waals surface area contributed by atoms with Crippen molar-refractivity contribution in [3.05, 3.63) is 107 Å². The minimum Gasteiger partial charge on any atom is -0.507 e. The van der Waals surface area contributed by atoms with E-state index < -0.39 is 52.8 Å². The number of ether oxygens (including phenoxy) is 2. The molecule has 3 N–H and O–H groups in total. The fraction of sp³-hybridized carbons (Fsp3) is 0.270. The number of urea groups is 1. The molecule has 3 aromatic rings. The number of methoxy groups -OCH3 is 2. The van der Waals surface area contributed by atoms with Crippen LogP contribution in [-0.4, -0.2) is 53.6 Å². The van der Waals surface area contributed by atoms with Crippen molar-refractivity contribution in [2.24, 2.45) is 29.4 Å². The maximum absolute atomic E-state index is 15.1. The summed E-state index contributed by atoms with van der Waals surface area (Å²) in [6, 6.07) is 19.7. The first-order valence-electron chi connectivity index (χ1n) is 15.4. The van der Waals surface area contributed by atoms with Crippen LogP contribution in [0.2, 0.25) is 0 Å². The predicted octanol–water partition coefficient (Wildman–Crippen LogP) is 4.31. The van der Waals surface area contributed by atoms with Gasteiger partial charge in [-0.2, -0.15) is 4.90 Å². The van der Waals surface area contributed by atoms with Crippen molar-refractivity contribution < 1.29 is 38.6 Å². The van der Waals surface area contributed by atoms with E-state index in [0.717, 1.165) is 0 Å². The monoisotopic (exact) mass is 632 g/mol. The second-order valence-corrected chi connectivity index (χ2v) is 12.4. The number of ketones is 2. The Kier molecular flexibility index (Phi) is 7.11. The molecule has 2 fully saturated rings. The molecule has 7 rings (SSSR count). The molecule has 47 heavy (non-hydrogen) atoms. The van der Waals surface area contributed by atoms with Gasteiger partial charge in [-0.25, -0.2) is 4.79 Å². The van der Waals surface area contributed by atoms with Crippen LogP contribution in [0.15, 0.2) is 90.5 Å². The molecule has 238 valence electrons. The van der Waals surface area contributed by atoms with Crippen LogP contribution in [0.5, 0.6) is 17.2 Å². The predicted molar refractivity (Wildman–Crippen MR) is 169 cm³/mol. The average Bonchev–Trinajstić information content (AvgIpc) is 3.35. The number of rotatable bonds is 5. The first-order chi connectivity index (χ1) is 22.6. The number of hydrogen-bond acceptors (Lipinski definition) is 8. The third kappa shape index (κ3) is 4.20. The van der Waals surface area contributed by atoms with Crippen molar-refractivity contribution >= 4 is 35.0 Å². The molecule has 1 heterocycles. The highest BCUT2D eigenvalue weighted by molar-refractivity contribution is 6.31. The number of Topliss-reactive ketones (excluding diaryl/α,β-unsaturated/α-hetero) is 1. The highest BCUT2D eigenvalue weighted by Gasteiger charge is 2.67. The van der Waals surface area contributed by atoms with E-state index in [1.807, 2.05) is 18.2 Å². The highest BCUT2D eigenvalue weighted by Crippen LogP contribution is 2.65. The van der Waals surface area contributed by atoms with Gasteiger partial charge in [0, 0.05) is 35.1 Å². The molecule has 3 aliphatic carbocycles. The molecule has 1 saturated heterocycles. The van der Waals surface area contributed by atoms with E-state index in [4.69, 9.17) is 15.2 Å². The summed E-state index contributed by atoms with van der Waals surface area (Å²) in [6.45, 7) is 0. The fourth-order valence-electron chi connectivity index (χ4n) is 8.57. The van der Waals surface area contributed by atoms with Gasteiger partial charge in [0.05, 0.1) is 31.5 Å². The van der Waals surface area contributed by atoms with E-state index in [1.54, 1.807) is 54.6 Å². The van der Waals surface area contributed by atoms with Gasteiger partial charge in [0.2, 0.25) is 11.8 Å². The Labute approximate surface area is 270 Å². The molecule has 6 unspecified atom stereocenters. The lowest BCUT2D eigenvalue weighted by Gasteiger charge is -2.55. The van der Waals surface area contributed by atoms with Gasteiger partial charge in [0.25, 0.3) is 0 Å². The zero-order valence-corrected chi connectivity index (χ0v) is 25.7. The van der Waals surface area contributed by atoms with Crippen molar-refractivity contribution in [3.8, 4) is 17.2 Å². The number of phenolic OH excluding ortho intramolecular Hbond substituents is 1. The normalized spacial score (nSPS) is 28.1. The van der Waals surface area contributed by atoms with Gasteiger partial charge in [0.15, 0.2) is 11.6 Å². The number of nitrogens with zero attached hydrogens (tertiary/aromatic N) is 1. The number of fused-ring (bicyclic) bond motifs is 4. The molecular weight excluding hydrogens is 600 g/mol. The number of hydrogen-bond donors (Lipinski definition) is 2. The van der Waals surface area contributed by atoms with Gasteiger partial charge in [-0.05, 0) is 36.0 Å². The lowest BCUT2D eigenvalue weighted by molar-refractivity contribution is -0.137. The van der Waals surface area contributed by atoms with Gasteiger partial charge in [0.1, 0.15) is 17.2 Å². The molecule has 4 amide bonds. The third-order valence-corrected chi connectivity index (χ3v) is 10.4. The van der Waals surface area contributed by atoms with Crippen molar-refractivity contribution in [3.63, 3.8) is 0 Å². The van der Waals surface area contributed by atoms with Crippen LogP contribution in [0.1, 0.15) is 35.4 Å². The number of likely N-dealkylation sites (tertiary alicyclic amines) is 1. The first kappa shape index (κ1) is 30.2. The van der Waals surface area contributed by atoms with Gasteiger partial charge in [-0.1, -0.05) is 72.3 Å². The zero-order valence-electron chi connectivity index (χ0n) is 25.7. The summed E-state index contributed by atoms with van der Waals surface area (Å²) >= 11 is 0. The Hall–Kier alpha value is -5.51. The van der Waals surface area contributed by atoms with Crippen molar-refractivity contribution in [2.75, 3.05) is 14.2 Å². The van der Waals surface area contributed by atoms with E-state index in [0.29, 0.717) is 27.3 Å². The van der Waals surface area contributed by atoms with Crippen molar-refractivity contribution in [1.29, 1.82) is 0 Å². The summed E-state index contributed by atoms with van der Waals surface area (Å²) < 4.78 is 11.2. The number of nitrogens with two attached hydrogens (primary N) is 1. The molecule has 6 atom stereocenters. The number of carbonyl (C=O) groups is 5. The average molecular weight is 633 g/mol. The SMILES string of the molecule is COc1cc(O)c(C2C3=CCC4C(=O)N(C(N)=O)C(=O)C4C3CC3C(=O)C(c4ccccc4)=CC(=O)C32c2ccccc2)c(OC)c1. The van der Waals surface area contributed by atoms with E-state index >= 15 is 4.79 Å². The molecule has 0 aromatic heterocycles. The standard InChI is InChI=1S/C37H32N2O8/c1-46-21-15-27(40)31(28(16-21)47-2)32-22-13-14-23-30(35(44)39(34(23)43)36(38)45)25(22)17-26-33(42)24(19-9-5-3-6-10-19)18-29(41)37(26,32)20-11-7-4-8-12-20/h3-13,15-16,18,23,25-26,30,32,40H,14,17H2,1-2H3,(H2,38,45). The van der Waals surface area contributed by atoms with Crippen LogP contribution in [0.3, 0.4) is 0 Å². The molecular formula is C37H32N2O8. The Bertz CT molecular complexity index is 1920. The molecule has 0 spiro atoms.